The molecule has 0 spiro atoms. The summed E-state index contributed by atoms with van der Waals surface area (Å²) in [6.45, 7) is 0. The lowest BCUT2D eigenvalue weighted by atomic mass is 10.1. The Balaban J connectivity index is 2.36. The maximum absolute atomic E-state index is 12.6. The van der Waals surface area contributed by atoms with Gasteiger partial charge in [-0.05, 0) is 11.6 Å². The Labute approximate surface area is 112 Å². The summed E-state index contributed by atoms with van der Waals surface area (Å²) in [6.07, 6.45) is -1.42. The van der Waals surface area contributed by atoms with Gasteiger partial charge in [-0.3, -0.25) is 4.68 Å². The van der Waals surface area contributed by atoms with Gasteiger partial charge in [-0.1, -0.05) is 18.2 Å². The molecule has 0 N–H and O–H groups in total. The summed E-state index contributed by atoms with van der Waals surface area (Å²) in [5.41, 5.74) is 0.607. The summed E-state index contributed by atoms with van der Waals surface area (Å²) in [5.74, 6) is 0. The van der Waals surface area contributed by atoms with Crippen molar-refractivity contribution in [3.8, 4) is 0 Å². The van der Waals surface area contributed by atoms with Crippen LogP contribution in [0.25, 0.3) is 0 Å². The predicted octanol–water partition coefficient (Wildman–Crippen LogP) is 3.00. The molecule has 0 saturated heterocycles. The molecule has 0 fully saturated rings. The van der Waals surface area contributed by atoms with E-state index in [4.69, 9.17) is 0 Å². The number of isocyanates is 1. The van der Waals surface area contributed by atoms with Crippen LogP contribution in [-0.4, -0.2) is 15.9 Å². The minimum absolute atomic E-state index is 0.195. The van der Waals surface area contributed by atoms with Gasteiger partial charge in [-0.25, -0.2) is 4.79 Å². The molecule has 0 bridgehead atoms. The molecule has 20 heavy (non-hydrogen) atoms. The first-order valence-electron chi connectivity index (χ1n) is 5.66. The number of nitrogens with zero attached hydrogens (tertiary/aromatic N) is 3. The summed E-state index contributed by atoms with van der Waals surface area (Å²) in [4.78, 5) is 13.8. The van der Waals surface area contributed by atoms with Gasteiger partial charge < -0.3 is 0 Å². The number of hydrogen-bond acceptors (Lipinski definition) is 3. The van der Waals surface area contributed by atoms with Crippen LogP contribution in [0, 0.1) is 0 Å². The van der Waals surface area contributed by atoms with E-state index in [-0.39, 0.29) is 6.42 Å². The number of alkyl halides is 3. The molecule has 0 aliphatic carbocycles. The second-order valence-corrected chi connectivity index (χ2v) is 4.18. The fourth-order valence-electron chi connectivity index (χ4n) is 1.85. The standard InChI is InChI=1S/C13H10F3N3O/c1-19-12(11(7-18-19)17-8-20)6-9-3-2-4-10(5-9)13(14,15)16/h2-5,7H,6H2,1H3. The van der Waals surface area contributed by atoms with E-state index >= 15 is 0 Å². The van der Waals surface area contributed by atoms with Gasteiger partial charge in [0.1, 0.15) is 5.69 Å². The highest BCUT2D eigenvalue weighted by molar-refractivity contribution is 5.51. The second kappa shape index (κ2) is 5.30. The zero-order valence-corrected chi connectivity index (χ0v) is 10.5. The van der Waals surface area contributed by atoms with Crippen molar-refractivity contribution in [3.05, 3.63) is 47.3 Å². The summed E-state index contributed by atoms with van der Waals surface area (Å²) in [5, 5.41) is 3.92. The average Bonchev–Trinajstić information content (AvgIpc) is 2.71. The fraction of sp³-hybridized carbons (Fsp3) is 0.231. The van der Waals surface area contributed by atoms with Crippen molar-refractivity contribution in [3.63, 3.8) is 0 Å². The Bertz CT molecular complexity index is 670. The number of benzene rings is 1. The smallest absolute Gasteiger partial charge is 0.270 e. The molecule has 0 radical (unpaired) electrons. The minimum Gasteiger partial charge on any atom is -0.270 e. The van der Waals surface area contributed by atoms with E-state index < -0.39 is 11.7 Å². The lowest BCUT2D eigenvalue weighted by molar-refractivity contribution is -0.137. The topological polar surface area (TPSA) is 47.2 Å². The molecule has 1 aromatic heterocycles. The molecule has 2 rings (SSSR count). The molecule has 0 unspecified atom stereocenters. The minimum atomic E-state index is -4.38. The van der Waals surface area contributed by atoms with Crippen molar-refractivity contribution in [1.82, 2.24) is 9.78 Å². The fourth-order valence-corrected chi connectivity index (χ4v) is 1.85. The SMILES string of the molecule is Cn1ncc(N=C=O)c1Cc1cccc(C(F)(F)F)c1. The van der Waals surface area contributed by atoms with Crippen LogP contribution in [0.3, 0.4) is 0 Å². The van der Waals surface area contributed by atoms with Gasteiger partial charge in [0.25, 0.3) is 0 Å². The van der Waals surface area contributed by atoms with Crippen molar-refractivity contribution < 1.29 is 18.0 Å². The van der Waals surface area contributed by atoms with Crippen LogP contribution < -0.4 is 0 Å². The molecule has 0 atom stereocenters. The lowest BCUT2D eigenvalue weighted by Gasteiger charge is -2.09. The highest BCUT2D eigenvalue weighted by Crippen LogP contribution is 2.30. The summed E-state index contributed by atoms with van der Waals surface area (Å²) < 4.78 is 39.4. The van der Waals surface area contributed by atoms with Crippen LogP contribution in [0.1, 0.15) is 16.8 Å². The lowest BCUT2D eigenvalue weighted by Crippen LogP contribution is -2.06. The van der Waals surface area contributed by atoms with E-state index in [1.807, 2.05) is 0 Å². The third-order valence-corrected chi connectivity index (χ3v) is 2.83. The summed E-state index contributed by atoms with van der Waals surface area (Å²) in [6, 6.07) is 5.01. The highest BCUT2D eigenvalue weighted by Gasteiger charge is 2.30. The van der Waals surface area contributed by atoms with Gasteiger partial charge in [0.15, 0.2) is 0 Å². The van der Waals surface area contributed by atoms with Crippen LogP contribution in [0.2, 0.25) is 0 Å². The average molecular weight is 281 g/mol. The first kappa shape index (κ1) is 14.0. The van der Waals surface area contributed by atoms with Gasteiger partial charge in [0.2, 0.25) is 6.08 Å². The van der Waals surface area contributed by atoms with Crippen molar-refractivity contribution in [2.45, 2.75) is 12.6 Å². The number of halogens is 3. The number of aromatic nitrogens is 2. The molecule has 1 aromatic carbocycles. The quantitative estimate of drug-likeness (QED) is 0.641. The molecule has 0 amide bonds. The van der Waals surface area contributed by atoms with Crippen LogP contribution >= 0.6 is 0 Å². The van der Waals surface area contributed by atoms with Crippen LogP contribution in [0.5, 0.6) is 0 Å². The monoisotopic (exact) mass is 281 g/mol. The second-order valence-electron chi connectivity index (χ2n) is 4.18. The van der Waals surface area contributed by atoms with E-state index in [0.717, 1.165) is 12.1 Å². The summed E-state index contributed by atoms with van der Waals surface area (Å²) >= 11 is 0. The van der Waals surface area contributed by atoms with Crippen molar-refractivity contribution in [2.24, 2.45) is 12.0 Å². The van der Waals surface area contributed by atoms with E-state index in [1.54, 1.807) is 13.1 Å². The van der Waals surface area contributed by atoms with E-state index in [9.17, 15) is 18.0 Å². The summed E-state index contributed by atoms with van der Waals surface area (Å²) in [7, 11) is 1.63. The maximum Gasteiger partial charge on any atom is 0.416 e. The maximum atomic E-state index is 12.6. The first-order valence-corrected chi connectivity index (χ1v) is 5.66. The van der Waals surface area contributed by atoms with E-state index in [0.29, 0.717) is 16.9 Å². The van der Waals surface area contributed by atoms with Gasteiger partial charge in [0, 0.05) is 13.5 Å². The van der Waals surface area contributed by atoms with Gasteiger partial charge in [0.05, 0.1) is 17.5 Å². The number of hydrogen-bond donors (Lipinski definition) is 0. The third kappa shape index (κ3) is 2.95. The predicted molar refractivity (Wildman–Crippen MR) is 65.2 cm³/mol. The third-order valence-electron chi connectivity index (χ3n) is 2.83. The number of carbonyl (C=O) groups excluding carboxylic acids is 1. The van der Waals surface area contributed by atoms with Gasteiger partial charge in [-0.15, -0.1) is 0 Å². The van der Waals surface area contributed by atoms with Crippen LogP contribution in [0.15, 0.2) is 35.5 Å². The first-order chi connectivity index (χ1) is 9.41. The molecule has 4 nitrogen and oxygen atoms in total. The molecule has 0 aliphatic heterocycles. The van der Waals surface area contributed by atoms with E-state index in [1.165, 1.54) is 23.0 Å². The molecular weight excluding hydrogens is 271 g/mol. The molecule has 1 heterocycles. The Kier molecular flexibility index (Phi) is 3.72. The van der Waals surface area contributed by atoms with Crippen molar-refractivity contribution in [2.75, 3.05) is 0 Å². The Morgan fingerprint density at radius 3 is 2.80 bits per heavy atom. The van der Waals surface area contributed by atoms with E-state index in [2.05, 4.69) is 10.1 Å². The van der Waals surface area contributed by atoms with Gasteiger partial charge in [-0.2, -0.15) is 23.3 Å². The largest absolute Gasteiger partial charge is 0.416 e. The number of rotatable bonds is 3. The molecule has 104 valence electrons. The number of aryl methyl sites for hydroxylation is 1. The Hall–Kier alpha value is -2.40. The number of aliphatic imine (C=N–C) groups is 1. The molecule has 0 saturated carbocycles. The zero-order chi connectivity index (χ0) is 14.8. The van der Waals surface area contributed by atoms with Crippen molar-refractivity contribution in [1.29, 1.82) is 0 Å². The van der Waals surface area contributed by atoms with Crippen LogP contribution in [0.4, 0.5) is 18.9 Å². The van der Waals surface area contributed by atoms with Crippen molar-refractivity contribution >= 4 is 11.8 Å². The van der Waals surface area contributed by atoms with Gasteiger partial charge >= 0.3 is 6.18 Å². The Morgan fingerprint density at radius 2 is 2.15 bits per heavy atom. The molecule has 7 heteroatoms. The molecule has 2 aromatic rings. The zero-order valence-electron chi connectivity index (χ0n) is 10.5. The molecule has 0 aliphatic rings. The highest BCUT2D eigenvalue weighted by atomic mass is 19.4. The Morgan fingerprint density at radius 1 is 1.40 bits per heavy atom. The normalized spacial score (nSPS) is 11.2. The van der Waals surface area contributed by atoms with Crippen LogP contribution in [-0.2, 0) is 24.4 Å². The molecular formula is C13H10F3N3O.